The number of hydrogen-bond donors (Lipinski definition) is 0. The Morgan fingerprint density at radius 1 is 1.50 bits per heavy atom. The Bertz CT molecular complexity index is 232. The van der Waals surface area contributed by atoms with Gasteiger partial charge in [0.2, 0.25) is 5.78 Å². The van der Waals surface area contributed by atoms with Gasteiger partial charge >= 0.3 is 5.97 Å². The maximum Gasteiger partial charge on any atom is 0.306 e. The van der Waals surface area contributed by atoms with E-state index in [1.54, 1.807) is 13.8 Å². The average Bonchev–Trinajstić information content (AvgIpc) is 2.00. The lowest BCUT2D eigenvalue weighted by molar-refractivity contribution is -0.145. The van der Waals surface area contributed by atoms with Gasteiger partial charge < -0.3 is 4.74 Å². The van der Waals surface area contributed by atoms with E-state index in [4.69, 9.17) is 4.74 Å². The molecule has 0 N–H and O–H groups in total. The molecule has 0 aliphatic heterocycles. The SMILES string of the molecule is CCC(=O)O[C@H](C)C#CC(C)=O. The molecule has 0 aromatic rings. The van der Waals surface area contributed by atoms with Crippen LogP contribution in [0.3, 0.4) is 0 Å². The van der Waals surface area contributed by atoms with Gasteiger partial charge in [0.25, 0.3) is 0 Å². The van der Waals surface area contributed by atoms with Gasteiger partial charge in [-0.25, -0.2) is 0 Å². The van der Waals surface area contributed by atoms with Crippen LogP contribution in [0.2, 0.25) is 0 Å². The second kappa shape index (κ2) is 5.36. The number of carbonyl (C=O) groups excluding carboxylic acids is 2. The molecule has 0 aliphatic carbocycles. The minimum Gasteiger partial charge on any atom is -0.449 e. The molecule has 0 aromatic carbocycles. The van der Waals surface area contributed by atoms with E-state index in [2.05, 4.69) is 11.8 Å². The number of carbonyl (C=O) groups is 2. The second-order valence-corrected chi connectivity index (χ2v) is 2.31. The molecule has 1 atom stereocenters. The molecule has 0 amide bonds. The van der Waals surface area contributed by atoms with Crippen molar-refractivity contribution in [2.24, 2.45) is 0 Å². The quantitative estimate of drug-likeness (QED) is 0.350. The number of ether oxygens (including phenoxy) is 1. The van der Waals surface area contributed by atoms with E-state index in [-0.39, 0.29) is 11.8 Å². The molecule has 0 bridgehead atoms. The van der Waals surface area contributed by atoms with Crippen molar-refractivity contribution in [2.45, 2.75) is 33.3 Å². The van der Waals surface area contributed by atoms with Crippen LogP contribution in [-0.2, 0) is 14.3 Å². The minimum atomic E-state index is -0.499. The van der Waals surface area contributed by atoms with Crippen molar-refractivity contribution in [2.75, 3.05) is 0 Å². The predicted octanol–water partition coefficient (Wildman–Crippen LogP) is 0.920. The molecule has 0 radical (unpaired) electrons. The van der Waals surface area contributed by atoms with Crippen LogP contribution in [0, 0.1) is 11.8 Å². The number of hydrogen-bond acceptors (Lipinski definition) is 3. The Labute approximate surface area is 72.1 Å². The van der Waals surface area contributed by atoms with Crippen molar-refractivity contribution in [3.05, 3.63) is 0 Å². The van der Waals surface area contributed by atoms with Crippen LogP contribution in [0.4, 0.5) is 0 Å². The van der Waals surface area contributed by atoms with Crippen LogP contribution in [0.5, 0.6) is 0 Å². The summed E-state index contributed by atoms with van der Waals surface area (Å²) in [5.74, 6) is 4.28. The van der Waals surface area contributed by atoms with E-state index in [0.717, 1.165) is 0 Å². The van der Waals surface area contributed by atoms with Crippen LogP contribution in [0.1, 0.15) is 27.2 Å². The third kappa shape index (κ3) is 5.48. The highest BCUT2D eigenvalue weighted by Gasteiger charge is 2.02. The topological polar surface area (TPSA) is 43.4 Å². The van der Waals surface area contributed by atoms with Crippen LogP contribution in [-0.4, -0.2) is 17.9 Å². The monoisotopic (exact) mass is 168 g/mol. The van der Waals surface area contributed by atoms with Gasteiger partial charge in [0, 0.05) is 13.3 Å². The van der Waals surface area contributed by atoms with E-state index in [0.29, 0.717) is 6.42 Å². The maximum atomic E-state index is 10.7. The third-order valence-corrected chi connectivity index (χ3v) is 1.05. The van der Waals surface area contributed by atoms with Crippen molar-refractivity contribution in [3.63, 3.8) is 0 Å². The molecule has 12 heavy (non-hydrogen) atoms. The fourth-order valence-corrected chi connectivity index (χ4v) is 0.513. The number of rotatable bonds is 2. The zero-order valence-electron chi connectivity index (χ0n) is 7.51. The largest absolute Gasteiger partial charge is 0.449 e. The first-order valence-electron chi connectivity index (χ1n) is 3.77. The summed E-state index contributed by atoms with van der Waals surface area (Å²) in [5, 5.41) is 0. The first-order valence-corrected chi connectivity index (χ1v) is 3.77. The highest BCUT2D eigenvalue weighted by Crippen LogP contribution is 1.91. The average molecular weight is 168 g/mol. The number of Topliss-reactive ketones (excluding diaryl/α,β-unsaturated/α-hetero) is 1. The Morgan fingerprint density at radius 3 is 2.50 bits per heavy atom. The Morgan fingerprint density at radius 2 is 2.08 bits per heavy atom. The van der Waals surface area contributed by atoms with E-state index in [9.17, 15) is 9.59 Å². The second-order valence-electron chi connectivity index (χ2n) is 2.31. The van der Waals surface area contributed by atoms with Gasteiger partial charge in [-0.3, -0.25) is 9.59 Å². The Hall–Kier alpha value is -1.30. The summed E-state index contributed by atoms with van der Waals surface area (Å²) in [6.07, 6.45) is -0.173. The summed E-state index contributed by atoms with van der Waals surface area (Å²) in [5.41, 5.74) is 0. The van der Waals surface area contributed by atoms with Crippen molar-refractivity contribution >= 4 is 11.8 Å². The smallest absolute Gasteiger partial charge is 0.306 e. The summed E-state index contributed by atoms with van der Waals surface area (Å²) < 4.78 is 4.79. The Balaban J connectivity index is 3.91. The number of ketones is 1. The first-order chi connectivity index (χ1) is 5.56. The molecule has 0 saturated heterocycles. The summed E-state index contributed by atoms with van der Waals surface area (Å²) >= 11 is 0. The summed E-state index contributed by atoms with van der Waals surface area (Å²) in [7, 11) is 0. The van der Waals surface area contributed by atoms with Gasteiger partial charge in [0.05, 0.1) is 0 Å². The Kier molecular flexibility index (Phi) is 4.78. The van der Waals surface area contributed by atoms with E-state index >= 15 is 0 Å². The molecule has 0 heterocycles. The van der Waals surface area contributed by atoms with Crippen molar-refractivity contribution < 1.29 is 14.3 Å². The maximum absolute atomic E-state index is 10.7. The van der Waals surface area contributed by atoms with E-state index in [1.807, 2.05) is 0 Å². The predicted molar refractivity (Wildman–Crippen MR) is 44.3 cm³/mol. The van der Waals surface area contributed by atoms with Gasteiger partial charge in [0.1, 0.15) is 0 Å². The minimum absolute atomic E-state index is 0.227. The fourth-order valence-electron chi connectivity index (χ4n) is 0.513. The summed E-state index contributed by atoms with van der Waals surface area (Å²) in [4.78, 5) is 21.1. The van der Waals surface area contributed by atoms with Crippen molar-refractivity contribution in [1.29, 1.82) is 0 Å². The molecular formula is C9H12O3. The molecule has 3 heteroatoms. The molecule has 0 unspecified atom stereocenters. The molecule has 0 saturated carbocycles. The number of esters is 1. The lowest BCUT2D eigenvalue weighted by Gasteiger charge is -2.04. The van der Waals surface area contributed by atoms with Gasteiger partial charge in [0.15, 0.2) is 6.10 Å². The summed E-state index contributed by atoms with van der Waals surface area (Å²) in [6, 6.07) is 0. The van der Waals surface area contributed by atoms with Crippen molar-refractivity contribution in [3.8, 4) is 11.8 Å². The zero-order chi connectivity index (χ0) is 9.56. The molecule has 0 aromatic heterocycles. The van der Waals surface area contributed by atoms with Crippen LogP contribution >= 0.6 is 0 Å². The molecule has 0 aliphatic rings. The lowest BCUT2D eigenvalue weighted by atomic mass is 10.3. The van der Waals surface area contributed by atoms with Gasteiger partial charge in [-0.15, -0.1) is 0 Å². The van der Waals surface area contributed by atoms with E-state index < -0.39 is 6.10 Å². The van der Waals surface area contributed by atoms with Crippen LogP contribution in [0.25, 0.3) is 0 Å². The fraction of sp³-hybridized carbons (Fsp3) is 0.556. The lowest BCUT2D eigenvalue weighted by Crippen LogP contribution is -2.11. The normalized spacial score (nSPS) is 10.9. The highest BCUT2D eigenvalue weighted by molar-refractivity contribution is 5.93. The van der Waals surface area contributed by atoms with E-state index in [1.165, 1.54) is 6.92 Å². The molecule has 0 spiro atoms. The van der Waals surface area contributed by atoms with Crippen LogP contribution < -0.4 is 0 Å². The molecule has 66 valence electrons. The van der Waals surface area contributed by atoms with Crippen LogP contribution in [0.15, 0.2) is 0 Å². The molecule has 0 rings (SSSR count). The molecular weight excluding hydrogens is 156 g/mol. The van der Waals surface area contributed by atoms with Gasteiger partial charge in [-0.2, -0.15) is 0 Å². The standard InChI is InChI=1S/C9H12O3/c1-4-9(11)12-8(3)6-5-7(2)10/h8H,4H2,1-3H3/t8-/m1/s1. The zero-order valence-corrected chi connectivity index (χ0v) is 7.51. The summed E-state index contributed by atoms with van der Waals surface area (Å²) in [6.45, 7) is 4.69. The molecule has 3 nitrogen and oxygen atoms in total. The third-order valence-electron chi connectivity index (χ3n) is 1.05. The molecule has 0 fully saturated rings. The van der Waals surface area contributed by atoms with Gasteiger partial charge in [-0.1, -0.05) is 12.8 Å². The first kappa shape index (κ1) is 10.7. The van der Waals surface area contributed by atoms with Gasteiger partial charge in [-0.05, 0) is 12.8 Å². The van der Waals surface area contributed by atoms with Crippen molar-refractivity contribution in [1.82, 2.24) is 0 Å². The highest BCUT2D eigenvalue weighted by atomic mass is 16.5.